The summed E-state index contributed by atoms with van der Waals surface area (Å²) < 4.78 is 5.89. The highest BCUT2D eigenvalue weighted by Gasteiger charge is 2.58. The highest BCUT2D eigenvalue weighted by Crippen LogP contribution is 2.57. The minimum Gasteiger partial charge on any atom is -0.378 e. The first-order valence-corrected chi connectivity index (χ1v) is 7.88. The Morgan fingerprint density at radius 2 is 2.28 bits per heavy atom. The molecule has 2 unspecified atom stereocenters. The van der Waals surface area contributed by atoms with Crippen LogP contribution in [0.15, 0.2) is 11.6 Å². The van der Waals surface area contributed by atoms with E-state index in [2.05, 4.69) is 18.3 Å². The normalized spacial score (nSPS) is 33.1. The molecule has 2 atom stereocenters. The summed E-state index contributed by atoms with van der Waals surface area (Å²) in [7, 11) is 0. The molecule has 1 spiro atoms. The van der Waals surface area contributed by atoms with Gasteiger partial charge < -0.3 is 10.1 Å². The molecule has 18 heavy (non-hydrogen) atoms. The predicted molar refractivity (Wildman–Crippen MR) is 74.7 cm³/mol. The summed E-state index contributed by atoms with van der Waals surface area (Å²) >= 11 is 0. The fraction of sp³-hybridized carbons (Fsp3) is 0.875. The van der Waals surface area contributed by atoms with E-state index in [4.69, 9.17) is 4.74 Å². The smallest absolute Gasteiger partial charge is 0.0661 e. The second-order valence-electron chi connectivity index (χ2n) is 6.28. The van der Waals surface area contributed by atoms with Crippen LogP contribution in [0.2, 0.25) is 0 Å². The summed E-state index contributed by atoms with van der Waals surface area (Å²) in [6, 6.07) is 0.741. The van der Waals surface area contributed by atoms with Crippen molar-refractivity contribution in [2.24, 2.45) is 5.41 Å². The minimum atomic E-state index is 0.528. The molecule has 2 saturated carbocycles. The average molecular weight is 249 g/mol. The molecule has 0 amide bonds. The Kier molecular flexibility index (Phi) is 3.76. The van der Waals surface area contributed by atoms with Gasteiger partial charge in [-0.1, -0.05) is 18.1 Å². The van der Waals surface area contributed by atoms with Crippen LogP contribution in [0, 0.1) is 5.41 Å². The van der Waals surface area contributed by atoms with Crippen LogP contribution in [0.5, 0.6) is 0 Å². The van der Waals surface area contributed by atoms with Crippen molar-refractivity contribution in [3.8, 4) is 0 Å². The van der Waals surface area contributed by atoms with Gasteiger partial charge in [-0.05, 0) is 58.4 Å². The molecule has 0 bridgehead atoms. The van der Waals surface area contributed by atoms with Gasteiger partial charge in [0.1, 0.15) is 0 Å². The van der Waals surface area contributed by atoms with Crippen molar-refractivity contribution in [2.45, 2.75) is 70.4 Å². The van der Waals surface area contributed by atoms with Crippen molar-refractivity contribution in [3.05, 3.63) is 11.6 Å². The molecule has 2 nitrogen and oxygen atoms in total. The average Bonchev–Trinajstić information content (AvgIpc) is 2.77. The predicted octanol–water partition coefficient (Wildman–Crippen LogP) is 3.42. The highest BCUT2D eigenvalue weighted by atomic mass is 16.5. The lowest BCUT2D eigenvalue weighted by Crippen LogP contribution is -2.66. The molecule has 3 aliphatic carbocycles. The maximum atomic E-state index is 5.89. The summed E-state index contributed by atoms with van der Waals surface area (Å²) in [6.45, 7) is 4.18. The van der Waals surface area contributed by atoms with E-state index in [0.29, 0.717) is 11.5 Å². The molecule has 0 aliphatic heterocycles. The van der Waals surface area contributed by atoms with E-state index >= 15 is 0 Å². The fourth-order valence-electron chi connectivity index (χ4n) is 4.10. The first-order valence-electron chi connectivity index (χ1n) is 7.88. The van der Waals surface area contributed by atoms with Crippen molar-refractivity contribution in [1.29, 1.82) is 0 Å². The monoisotopic (exact) mass is 249 g/mol. The fourth-order valence-corrected chi connectivity index (χ4v) is 4.10. The standard InChI is InChI=1S/C16H27NO/c1-2-18-15-12-14(16(15)9-5-10-16)17-11-8-13-6-3-4-7-13/h6,14-15,17H,2-5,7-12H2,1H3. The van der Waals surface area contributed by atoms with Crippen LogP contribution in [0.1, 0.15) is 58.3 Å². The third-order valence-corrected chi connectivity index (χ3v) is 5.41. The quantitative estimate of drug-likeness (QED) is 0.728. The van der Waals surface area contributed by atoms with E-state index in [9.17, 15) is 0 Å². The van der Waals surface area contributed by atoms with Crippen LogP contribution < -0.4 is 5.32 Å². The zero-order chi connectivity index (χ0) is 12.4. The van der Waals surface area contributed by atoms with Crippen LogP contribution in [0.3, 0.4) is 0 Å². The Morgan fingerprint density at radius 1 is 1.39 bits per heavy atom. The Labute approximate surface area is 111 Å². The molecule has 1 N–H and O–H groups in total. The van der Waals surface area contributed by atoms with Gasteiger partial charge in [0.2, 0.25) is 0 Å². The van der Waals surface area contributed by atoms with Gasteiger partial charge >= 0.3 is 0 Å². The SMILES string of the molecule is CCOC1CC(NCCC2=CCCC2)C12CCC2. The van der Waals surface area contributed by atoms with Gasteiger partial charge in [0.05, 0.1) is 6.10 Å². The first-order chi connectivity index (χ1) is 8.85. The van der Waals surface area contributed by atoms with Gasteiger partial charge in [0.25, 0.3) is 0 Å². The topological polar surface area (TPSA) is 21.3 Å². The van der Waals surface area contributed by atoms with E-state index in [1.165, 1.54) is 57.9 Å². The molecular weight excluding hydrogens is 222 g/mol. The number of rotatable bonds is 6. The Balaban J connectivity index is 1.43. The first kappa shape index (κ1) is 12.7. The second kappa shape index (κ2) is 5.34. The Bertz CT molecular complexity index is 319. The van der Waals surface area contributed by atoms with Crippen molar-refractivity contribution < 1.29 is 4.74 Å². The number of hydrogen-bond donors (Lipinski definition) is 1. The maximum absolute atomic E-state index is 5.89. The Hall–Kier alpha value is -0.340. The largest absolute Gasteiger partial charge is 0.378 e. The molecule has 0 aromatic carbocycles. The van der Waals surface area contributed by atoms with Crippen LogP contribution >= 0.6 is 0 Å². The second-order valence-corrected chi connectivity index (χ2v) is 6.28. The number of nitrogens with one attached hydrogen (secondary N) is 1. The molecular formula is C16H27NO. The molecule has 0 aromatic heterocycles. The molecule has 0 heterocycles. The lowest BCUT2D eigenvalue weighted by molar-refractivity contribution is -0.172. The maximum Gasteiger partial charge on any atom is 0.0661 e. The lowest BCUT2D eigenvalue weighted by Gasteiger charge is -2.61. The van der Waals surface area contributed by atoms with Crippen LogP contribution in [0.25, 0.3) is 0 Å². The molecule has 0 radical (unpaired) electrons. The number of allylic oxidation sites excluding steroid dienone is 1. The summed E-state index contributed by atoms with van der Waals surface area (Å²) in [5, 5.41) is 3.81. The lowest BCUT2D eigenvalue weighted by atomic mass is 9.51. The minimum absolute atomic E-state index is 0.528. The molecule has 0 saturated heterocycles. The molecule has 2 heteroatoms. The van der Waals surface area contributed by atoms with Crippen molar-refractivity contribution in [3.63, 3.8) is 0 Å². The summed E-state index contributed by atoms with van der Waals surface area (Å²) in [6.07, 6.45) is 13.7. The van der Waals surface area contributed by atoms with E-state index in [1.54, 1.807) is 5.57 Å². The zero-order valence-electron chi connectivity index (χ0n) is 11.7. The van der Waals surface area contributed by atoms with Crippen LogP contribution in [-0.4, -0.2) is 25.3 Å². The van der Waals surface area contributed by atoms with Gasteiger partial charge in [-0.25, -0.2) is 0 Å². The van der Waals surface area contributed by atoms with E-state index in [1.807, 2.05) is 0 Å². The molecule has 3 aliphatic rings. The van der Waals surface area contributed by atoms with Crippen LogP contribution in [-0.2, 0) is 4.74 Å². The molecule has 0 aromatic rings. The molecule has 3 rings (SSSR count). The van der Waals surface area contributed by atoms with Gasteiger partial charge in [0, 0.05) is 18.1 Å². The zero-order valence-corrected chi connectivity index (χ0v) is 11.7. The van der Waals surface area contributed by atoms with Crippen molar-refractivity contribution in [2.75, 3.05) is 13.2 Å². The van der Waals surface area contributed by atoms with Gasteiger partial charge in [0.15, 0.2) is 0 Å². The van der Waals surface area contributed by atoms with Crippen molar-refractivity contribution >= 4 is 0 Å². The number of ether oxygens (including phenoxy) is 1. The third-order valence-electron chi connectivity index (χ3n) is 5.41. The summed E-state index contributed by atoms with van der Waals surface area (Å²) in [5.74, 6) is 0. The summed E-state index contributed by atoms with van der Waals surface area (Å²) in [4.78, 5) is 0. The molecule has 2 fully saturated rings. The Morgan fingerprint density at radius 3 is 2.89 bits per heavy atom. The van der Waals surface area contributed by atoms with Crippen LogP contribution in [0.4, 0.5) is 0 Å². The van der Waals surface area contributed by atoms with E-state index < -0.39 is 0 Å². The molecule has 102 valence electrons. The van der Waals surface area contributed by atoms with E-state index in [0.717, 1.165) is 12.6 Å². The van der Waals surface area contributed by atoms with Gasteiger partial charge in [-0.3, -0.25) is 0 Å². The highest BCUT2D eigenvalue weighted by molar-refractivity contribution is 5.13. The summed E-state index contributed by atoms with van der Waals surface area (Å²) in [5.41, 5.74) is 2.21. The van der Waals surface area contributed by atoms with Gasteiger partial charge in [-0.2, -0.15) is 0 Å². The van der Waals surface area contributed by atoms with E-state index in [-0.39, 0.29) is 0 Å². The third kappa shape index (κ3) is 2.14. The van der Waals surface area contributed by atoms with Crippen molar-refractivity contribution in [1.82, 2.24) is 5.32 Å². The number of hydrogen-bond acceptors (Lipinski definition) is 2. The van der Waals surface area contributed by atoms with Gasteiger partial charge in [-0.15, -0.1) is 0 Å².